The molecule has 0 bridgehead atoms. The Morgan fingerprint density at radius 1 is 1.41 bits per heavy atom. The standard InChI is InChI=1S/C13H16O4/c1-13(2,3)11(12(15)16)17-10-6-4-5-9(7-10)8-14/h4-8,11H,1-3H3,(H,15,16). The van der Waals surface area contributed by atoms with Gasteiger partial charge < -0.3 is 9.84 Å². The molecule has 1 rings (SSSR count). The highest BCUT2D eigenvalue weighted by atomic mass is 16.5. The van der Waals surface area contributed by atoms with Crippen LogP contribution in [-0.4, -0.2) is 23.5 Å². The molecule has 1 atom stereocenters. The van der Waals surface area contributed by atoms with Crippen molar-refractivity contribution in [3.8, 4) is 5.75 Å². The van der Waals surface area contributed by atoms with Gasteiger partial charge >= 0.3 is 5.97 Å². The summed E-state index contributed by atoms with van der Waals surface area (Å²) in [5.74, 6) is -0.633. The minimum Gasteiger partial charge on any atom is -0.478 e. The molecule has 1 aromatic carbocycles. The summed E-state index contributed by atoms with van der Waals surface area (Å²) in [4.78, 5) is 21.7. The molecule has 0 radical (unpaired) electrons. The van der Waals surface area contributed by atoms with Crippen molar-refractivity contribution in [2.24, 2.45) is 5.41 Å². The Hall–Kier alpha value is -1.84. The van der Waals surface area contributed by atoms with Crippen LogP contribution in [0.1, 0.15) is 31.1 Å². The molecule has 0 aliphatic rings. The molecule has 1 aromatic rings. The number of ether oxygens (including phenoxy) is 1. The lowest BCUT2D eigenvalue weighted by Crippen LogP contribution is -2.39. The highest BCUT2D eigenvalue weighted by Crippen LogP contribution is 2.25. The summed E-state index contributed by atoms with van der Waals surface area (Å²) in [7, 11) is 0. The molecule has 4 nitrogen and oxygen atoms in total. The summed E-state index contributed by atoms with van der Waals surface area (Å²) >= 11 is 0. The second-order valence-corrected chi connectivity index (χ2v) is 4.89. The molecule has 0 heterocycles. The Bertz CT molecular complexity index is 418. The van der Waals surface area contributed by atoms with Gasteiger partial charge in [-0.1, -0.05) is 32.9 Å². The summed E-state index contributed by atoms with van der Waals surface area (Å²) in [6.45, 7) is 5.36. The molecule has 0 aromatic heterocycles. The topological polar surface area (TPSA) is 63.6 Å². The Balaban J connectivity index is 2.94. The van der Waals surface area contributed by atoms with Crippen LogP contribution in [0.3, 0.4) is 0 Å². The fraction of sp³-hybridized carbons (Fsp3) is 0.385. The van der Waals surface area contributed by atoms with Gasteiger partial charge in [0.2, 0.25) is 0 Å². The van der Waals surface area contributed by atoms with Crippen LogP contribution >= 0.6 is 0 Å². The maximum atomic E-state index is 11.1. The first kappa shape index (κ1) is 13.2. The van der Waals surface area contributed by atoms with Crippen LogP contribution in [0.15, 0.2) is 24.3 Å². The zero-order valence-corrected chi connectivity index (χ0v) is 10.1. The van der Waals surface area contributed by atoms with E-state index in [-0.39, 0.29) is 0 Å². The van der Waals surface area contributed by atoms with Crippen LogP contribution < -0.4 is 4.74 Å². The molecule has 0 spiro atoms. The lowest BCUT2D eigenvalue weighted by molar-refractivity contribution is -0.150. The van der Waals surface area contributed by atoms with E-state index < -0.39 is 17.5 Å². The number of rotatable bonds is 4. The minimum absolute atomic E-state index is 0.386. The lowest BCUT2D eigenvalue weighted by atomic mass is 9.89. The largest absolute Gasteiger partial charge is 0.478 e. The van der Waals surface area contributed by atoms with E-state index in [1.165, 1.54) is 6.07 Å². The summed E-state index contributed by atoms with van der Waals surface area (Å²) in [5, 5.41) is 9.10. The predicted molar refractivity (Wildman–Crippen MR) is 63.3 cm³/mol. The van der Waals surface area contributed by atoms with Crippen molar-refractivity contribution in [3.63, 3.8) is 0 Å². The van der Waals surface area contributed by atoms with Gasteiger partial charge in [0.1, 0.15) is 12.0 Å². The van der Waals surface area contributed by atoms with Crippen molar-refractivity contribution < 1.29 is 19.4 Å². The van der Waals surface area contributed by atoms with E-state index in [0.717, 1.165) is 0 Å². The molecule has 4 heteroatoms. The number of carboxylic acids is 1. The average Bonchev–Trinajstić information content (AvgIpc) is 2.24. The van der Waals surface area contributed by atoms with Crippen molar-refractivity contribution in [1.29, 1.82) is 0 Å². The first-order valence-electron chi connectivity index (χ1n) is 5.29. The molecule has 1 N–H and O–H groups in total. The van der Waals surface area contributed by atoms with Crippen molar-refractivity contribution in [2.75, 3.05) is 0 Å². The molecule has 0 saturated carbocycles. The Morgan fingerprint density at radius 2 is 2.06 bits per heavy atom. The fourth-order valence-electron chi connectivity index (χ4n) is 1.39. The van der Waals surface area contributed by atoms with Gasteiger partial charge in [0.25, 0.3) is 0 Å². The summed E-state index contributed by atoms with van der Waals surface area (Å²) < 4.78 is 5.42. The Morgan fingerprint density at radius 3 is 2.53 bits per heavy atom. The van der Waals surface area contributed by atoms with Gasteiger partial charge in [-0.2, -0.15) is 0 Å². The zero-order valence-electron chi connectivity index (χ0n) is 10.1. The fourth-order valence-corrected chi connectivity index (χ4v) is 1.39. The average molecular weight is 236 g/mol. The van der Waals surface area contributed by atoms with E-state index in [1.807, 2.05) is 0 Å². The molecule has 0 fully saturated rings. The third-order valence-electron chi connectivity index (χ3n) is 2.26. The minimum atomic E-state index is -1.02. The number of aliphatic carboxylic acids is 1. The molecule has 1 unspecified atom stereocenters. The number of carbonyl (C=O) groups excluding carboxylic acids is 1. The number of carbonyl (C=O) groups is 2. The molecule has 17 heavy (non-hydrogen) atoms. The Labute approximate surface area is 100 Å². The monoisotopic (exact) mass is 236 g/mol. The highest BCUT2D eigenvalue weighted by molar-refractivity contribution is 5.76. The second kappa shape index (κ2) is 4.99. The normalized spacial score (nSPS) is 12.9. The first-order chi connectivity index (χ1) is 7.84. The van der Waals surface area contributed by atoms with Crippen LogP contribution in [0.4, 0.5) is 0 Å². The lowest BCUT2D eigenvalue weighted by Gasteiger charge is -2.27. The number of carboxylic acid groups (broad SMARTS) is 1. The van der Waals surface area contributed by atoms with Crippen molar-refractivity contribution in [1.82, 2.24) is 0 Å². The van der Waals surface area contributed by atoms with E-state index in [4.69, 9.17) is 9.84 Å². The van der Waals surface area contributed by atoms with E-state index in [1.54, 1.807) is 39.0 Å². The van der Waals surface area contributed by atoms with Crippen LogP contribution in [0.2, 0.25) is 0 Å². The third kappa shape index (κ3) is 3.59. The molecule has 0 aliphatic carbocycles. The molecular weight excluding hydrogens is 220 g/mol. The van der Waals surface area contributed by atoms with E-state index in [9.17, 15) is 9.59 Å². The zero-order chi connectivity index (χ0) is 13.1. The van der Waals surface area contributed by atoms with Gasteiger partial charge in [0.15, 0.2) is 6.10 Å². The predicted octanol–water partition coefficient (Wildman–Crippen LogP) is 2.38. The third-order valence-corrected chi connectivity index (χ3v) is 2.26. The van der Waals surface area contributed by atoms with Crippen molar-refractivity contribution in [3.05, 3.63) is 29.8 Å². The van der Waals surface area contributed by atoms with Crippen LogP contribution in [0, 0.1) is 5.41 Å². The van der Waals surface area contributed by atoms with Crippen LogP contribution in [0.25, 0.3) is 0 Å². The smallest absolute Gasteiger partial charge is 0.345 e. The van der Waals surface area contributed by atoms with Gasteiger partial charge in [-0.15, -0.1) is 0 Å². The van der Waals surface area contributed by atoms with E-state index >= 15 is 0 Å². The SMILES string of the molecule is CC(C)(C)C(Oc1cccc(C=O)c1)C(=O)O. The van der Waals surface area contributed by atoms with Crippen molar-refractivity contribution in [2.45, 2.75) is 26.9 Å². The van der Waals surface area contributed by atoms with Gasteiger partial charge in [-0.05, 0) is 12.1 Å². The summed E-state index contributed by atoms with van der Waals surface area (Å²) in [6.07, 6.45) is -0.260. The number of benzene rings is 1. The summed E-state index contributed by atoms with van der Waals surface area (Å²) in [6, 6.07) is 6.44. The molecule has 0 amide bonds. The van der Waals surface area contributed by atoms with Crippen molar-refractivity contribution >= 4 is 12.3 Å². The molecular formula is C13H16O4. The summed E-state index contributed by atoms with van der Waals surface area (Å²) in [5.41, 5.74) is -0.0659. The number of hydrogen-bond donors (Lipinski definition) is 1. The van der Waals surface area contributed by atoms with Gasteiger partial charge in [0.05, 0.1) is 0 Å². The maximum Gasteiger partial charge on any atom is 0.345 e. The number of aldehydes is 1. The quantitative estimate of drug-likeness (QED) is 0.815. The van der Waals surface area contributed by atoms with Gasteiger partial charge in [0, 0.05) is 11.0 Å². The van der Waals surface area contributed by atoms with Gasteiger partial charge in [-0.3, -0.25) is 4.79 Å². The Kier molecular flexibility index (Phi) is 3.89. The number of hydrogen-bond acceptors (Lipinski definition) is 3. The van der Waals surface area contributed by atoms with Crippen LogP contribution in [0.5, 0.6) is 5.75 Å². The second-order valence-electron chi connectivity index (χ2n) is 4.89. The van der Waals surface area contributed by atoms with E-state index in [0.29, 0.717) is 17.6 Å². The molecule has 92 valence electrons. The van der Waals surface area contributed by atoms with E-state index in [2.05, 4.69) is 0 Å². The van der Waals surface area contributed by atoms with Gasteiger partial charge in [-0.25, -0.2) is 4.79 Å². The first-order valence-corrected chi connectivity index (χ1v) is 5.29. The molecule has 0 saturated heterocycles. The molecule has 0 aliphatic heterocycles. The maximum absolute atomic E-state index is 11.1. The van der Waals surface area contributed by atoms with Crippen LogP contribution in [-0.2, 0) is 4.79 Å². The highest BCUT2D eigenvalue weighted by Gasteiger charge is 2.33.